The molecule has 0 bridgehead atoms. The number of carbonyl (C=O) groups excluding carboxylic acids is 1. The molecule has 0 saturated carbocycles. The van der Waals surface area contributed by atoms with Gasteiger partial charge in [0.15, 0.2) is 0 Å². The van der Waals surface area contributed by atoms with Crippen LogP contribution in [0.25, 0.3) is 0 Å². The van der Waals surface area contributed by atoms with Crippen LogP contribution in [0.2, 0.25) is 0 Å². The third-order valence-corrected chi connectivity index (χ3v) is 4.21. The van der Waals surface area contributed by atoms with Gasteiger partial charge in [-0.05, 0) is 29.8 Å². The Morgan fingerprint density at radius 3 is 2.96 bits per heavy atom. The lowest BCUT2D eigenvalue weighted by atomic mass is 10.1. The molecule has 0 saturated heterocycles. The lowest BCUT2D eigenvalue weighted by Crippen LogP contribution is -2.17. The van der Waals surface area contributed by atoms with Gasteiger partial charge in [-0.15, -0.1) is 0 Å². The highest BCUT2D eigenvalue weighted by Gasteiger charge is 2.09. The zero-order valence-electron chi connectivity index (χ0n) is 12.9. The molecule has 25 heavy (non-hydrogen) atoms. The van der Waals surface area contributed by atoms with Gasteiger partial charge in [0.2, 0.25) is 0 Å². The van der Waals surface area contributed by atoms with E-state index in [-0.39, 0.29) is 10.9 Å². The molecular weight excluding hydrogens is 342 g/mol. The summed E-state index contributed by atoms with van der Waals surface area (Å²) in [5.41, 5.74) is 3.83. The molecular formula is C16H13N5O3S. The standard InChI is InChI=1S/C16H13N5O3S/c22-16(19-17-10-14-5-6-15(25-14)21(23)24)13-4-1-3-12(9-13)11-20-8-2-7-18-20/h1-10H,11H2,(H,19,22)/b17-10+. The first kappa shape index (κ1) is 16.5. The predicted molar refractivity (Wildman–Crippen MR) is 93.8 cm³/mol. The van der Waals surface area contributed by atoms with E-state index >= 15 is 0 Å². The van der Waals surface area contributed by atoms with Gasteiger partial charge in [-0.25, -0.2) is 5.43 Å². The SMILES string of the molecule is O=C(N/N=C/c1ccc([N+](=O)[O-])s1)c1cccc(Cn2cccn2)c1. The number of nitro groups is 1. The van der Waals surface area contributed by atoms with Crippen molar-refractivity contribution in [1.29, 1.82) is 0 Å². The molecule has 8 nitrogen and oxygen atoms in total. The summed E-state index contributed by atoms with van der Waals surface area (Å²) in [6.45, 7) is 0.566. The summed E-state index contributed by atoms with van der Waals surface area (Å²) >= 11 is 0.984. The largest absolute Gasteiger partial charge is 0.324 e. The molecule has 1 amide bonds. The van der Waals surface area contributed by atoms with Crippen LogP contribution in [0.3, 0.4) is 0 Å². The molecule has 9 heteroatoms. The van der Waals surface area contributed by atoms with Crippen LogP contribution in [0.5, 0.6) is 0 Å². The van der Waals surface area contributed by atoms with Gasteiger partial charge in [-0.3, -0.25) is 19.6 Å². The highest BCUT2D eigenvalue weighted by molar-refractivity contribution is 7.16. The highest BCUT2D eigenvalue weighted by atomic mass is 32.1. The normalized spacial score (nSPS) is 10.9. The van der Waals surface area contributed by atoms with Crippen molar-refractivity contribution >= 4 is 28.5 Å². The summed E-state index contributed by atoms with van der Waals surface area (Å²) < 4.78 is 1.76. The number of hydrazone groups is 1. The van der Waals surface area contributed by atoms with Crippen molar-refractivity contribution < 1.29 is 9.72 Å². The van der Waals surface area contributed by atoms with Crippen molar-refractivity contribution in [2.75, 3.05) is 0 Å². The zero-order chi connectivity index (χ0) is 17.6. The van der Waals surface area contributed by atoms with E-state index in [9.17, 15) is 14.9 Å². The van der Waals surface area contributed by atoms with Gasteiger partial charge in [0, 0.05) is 24.0 Å². The number of thiophene rings is 1. The summed E-state index contributed by atoms with van der Waals surface area (Å²) in [4.78, 5) is 22.9. The van der Waals surface area contributed by atoms with E-state index in [4.69, 9.17) is 0 Å². The lowest BCUT2D eigenvalue weighted by molar-refractivity contribution is -0.380. The van der Waals surface area contributed by atoms with Crippen LogP contribution >= 0.6 is 11.3 Å². The fraction of sp³-hybridized carbons (Fsp3) is 0.0625. The third-order valence-electron chi connectivity index (χ3n) is 3.24. The summed E-state index contributed by atoms with van der Waals surface area (Å²) in [6.07, 6.45) is 4.92. The van der Waals surface area contributed by atoms with Crippen LogP contribution in [-0.2, 0) is 6.54 Å². The molecule has 3 rings (SSSR count). The van der Waals surface area contributed by atoms with Crippen molar-refractivity contribution in [3.63, 3.8) is 0 Å². The first-order valence-corrected chi connectivity index (χ1v) is 8.07. The van der Waals surface area contributed by atoms with Crippen LogP contribution in [0.4, 0.5) is 5.00 Å². The molecule has 126 valence electrons. The average molecular weight is 355 g/mol. The molecule has 2 aromatic heterocycles. The number of carbonyl (C=O) groups is 1. The molecule has 1 N–H and O–H groups in total. The fourth-order valence-corrected chi connectivity index (χ4v) is 2.81. The van der Waals surface area contributed by atoms with Crippen LogP contribution in [-0.4, -0.2) is 26.8 Å². The Hall–Kier alpha value is -3.33. The van der Waals surface area contributed by atoms with Gasteiger partial charge in [0.05, 0.1) is 22.6 Å². The molecule has 0 unspecified atom stereocenters. The molecule has 1 aromatic carbocycles. The molecule has 2 heterocycles. The smallest absolute Gasteiger partial charge is 0.268 e. The second-order valence-electron chi connectivity index (χ2n) is 5.04. The molecule has 0 fully saturated rings. The van der Waals surface area contributed by atoms with Gasteiger partial charge in [0.1, 0.15) is 0 Å². The van der Waals surface area contributed by atoms with E-state index in [2.05, 4.69) is 15.6 Å². The van der Waals surface area contributed by atoms with Gasteiger partial charge >= 0.3 is 5.00 Å². The maximum Gasteiger partial charge on any atom is 0.324 e. The minimum atomic E-state index is -0.467. The highest BCUT2D eigenvalue weighted by Crippen LogP contribution is 2.22. The molecule has 0 atom stereocenters. The molecule has 0 aliphatic carbocycles. The number of hydrogen-bond donors (Lipinski definition) is 1. The number of nitrogens with zero attached hydrogens (tertiary/aromatic N) is 4. The Kier molecular flexibility index (Phi) is 4.95. The van der Waals surface area contributed by atoms with E-state index in [0.29, 0.717) is 17.0 Å². The van der Waals surface area contributed by atoms with Gasteiger partial charge in [0.25, 0.3) is 5.91 Å². The number of aromatic nitrogens is 2. The van der Waals surface area contributed by atoms with E-state index < -0.39 is 4.92 Å². The summed E-state index contributed by atoms with van der Waals surface area (Å²) in [6, 6.07) is 12.0. The first-order valence-electron chi connectivity index (χ1n) is 7.26. The van der Waals surface area contributed by atoms with Crippen molar-refractivity contribution in [1.82, 2.24) is 15.2 Å². The van der Waals surface area contributed by atoms with Crippen molar-refractivity contribution in [2.45, 2.75) is 6.54 Å². The molecule has 0 radical (unpaired) electrons. The maximum absolute atomic E-state index is 12.2. The summed E-state index contributed by atoms with van der Waals surface area (Å²) in [5, 5.41) is 18.6. The minimum absolute atomic E-state index is 0.0269. The zero-order valence-corrected chi connectivity index (χ0v) is 13.7. The Balaban J connectivity index is 1.62. The third kappa shape index (κ3) is 4.36. The molecule has 0 aliphatic heterocycles. The quantitative estimate of drug-likeness (QED) is 0.417. The Bertz CT molecular complexity index is 918. The van der Waals surface area contributed by atoms with Crippen LogP contribution in [0.1, 0.15) is 20.8 Å². The first-order chi connectivity index (χ1) is 12.1. The Morgan fingerprint density at radius 1 is 1.36 bits per heavy atom. The fourth-order valence-electron chi connectivity index (χ4n) is 2.12. The van der Waals surface area contributed by atoms with Gasteiger partial charge in [-0.1, -0.05) is 23.5 Å². The van der Waals surface area contributed by atoms with Crippen molar-refractivity contribution in [3.05, 3.63) is 81.0 Å². The number of benzene rings is 1. The number of amides is 1. The summed E-state index contributed by atoms with van der Waals surface area (Å²) in [5.74, 6) is -0.357. The topological polar surface area (TPSA) is 102 Å². The molecule has 0 aliphatic rings. The lowest BCUT2D eigenvalue weighted by Gasteiger charge is -2.04. The van der Waals surface area contributed by atoms with Crippen molar-refractivity contribution in [2.24, 2.45) is 5.10 Å². The van der Waals surface area contributed by atoms with Crippen LogP contribution in [0.15, 0.2) is 60.0 Å². The number of rotatable bonds is 6. The molecule has 0 spiro atoms. The van der Waals surface area contributed by atoms with Crippen LogP contribution < -0.4 is 5.43 Å². The Labute approximate surface area is 146 Å². The monoisotopic (exact) mass is 355 g/mol. The van der Waals surface area contributed by atoms with E-state index in [1.165, 1.54) is 12.3 Å². The van der Waals surface area contributed by atoms with Crippen molar-refractivity contribution in [3.8, 4) is 0 Å². The molecule has 3 aromatic rings. The Morgan fingerprint density at radius 2 is 2.24 bits per heavy atom. The average Bonchev–Trinajstić information content (AvgIpc) is 3.27. The van der Waals surface area contributed by atoms with E-state index in [1.54, 1.807) is 35.1 Å². The van der Waals surface area contributed by atoms with Crippen LogP contribution in [0, 0.1) is 10.1 Å². The predicted octanol–water partition coefficient (Wildman–Crippen LogP) is 2.67. The van der Waals surface area contributed by atoms with Gasteiger partial charge < -0.3 is 0 Å². The number of hydrogen-bond acceptors (Lipinski definition) is 6. The second-order valence-corrected chi connectivity index (χ2v) is 6.13. The number of nitrogens with one attached hydrogen (secondary N) is 1. The second kappa shape index (κ2) is 7.49. The van der Waals surface area contributed by atoms with Gasteiger partial charge in [-0.2, -0.15) is 10.2 Å². The maximum atomic E-state index is 12.2. The minimum Gasteiger partial charge on any atom is -0.268 e. The van der Waals surface area contributed by atoms with E-state index in [1.807, 2.05) is 18.3 Å². The van der Waals surface area contributed by atoms with E-state index in [0.717, 1.165) is 16.9 Å². The summed E-state index contributed by atoms with van der Waals surface area (Å²) in [7, 11) is 0.